The zero-order valence-electron chi connectivity index (χ0n) is 14.0. The molecule has 1 fully saturated rings. The van der Waals surface area contributed by atoms with E-state index < -0.39 is 0 Å². The highest BCUT2D eigenvalue weighted by Gasteiger charge is 2.19. The number of piperazine rings is 1. The van der Waals surface area contributed by atoms with Crippen LogP contribution in [0.25, 0.3) is 0 Å². The van der Waals surface area contributed by atoms with Crippen molar-refractivity contribution >= 4 is 29.1 Å². The Balaban J connectivity index is 1.81. The summed E-state index contributed by atoms with van der Waals surface area (Å²) in [6.45, 7) is 9.31. The van der Waals surface area contributed by atoms with Crippen LogP contribution in [0.1, 0.15) is 24.5 Å². The third-order valence-corrected chi connectivity index (χ3v) is 4.47. The summed E-state index contributed by atoms with van der Waals surface area (Å²) in [7, 11) is 0. The second-order valence-electron chi connectivity index (χ2n) is 6.08. The van der Waals surface area contributed by atoms with Gasteiger partial charge < -0.3 is 10.2 Å². The third-order valence-electron chi connectivity index (χ3n) is 4.17. The van der Waals surface area contributed by atoms with Crippen molar-refractivity contribution in [2.45, 2.75) is 27.2 Å². The summed E-state index contributed by atoms with van der Waals surface area (Å²) in [5, 5.41) is 3.49. The molecule has 0 radical (unpaired) electrons. The normalized spacial score (nSPS) is 15.6. The van der Waals surface area contributed by atoms with E-state index in [1.807, 2.05) is 30.9 Å². The Hall–Kier alpha value is -1.59. The van der Waals surface area contributed by atoms with Crippen LogP contribution in [-0.2, 0) is 9.59 Å². The van der Waals surface area contributed by atoms with Crippen LogP contribution < -0.4 is 5.32 Å². The Morgan fingerprint density at radius 2 is 1.83 bits per heavy atom. The third kappa shape index (κ3) is 4.94. The molecule has 1 aliphatic rings. The second kappa shape index (κ2) is 7.79. The number of anilines is 1. The predicted octanol–water partition coefficient (Wildman–Crippen LogP) is 2.45. The molecule has 2 amide bonds. The summed E-state index contributed by atoms with van der Waals surface area (Å²) in [5.74, 6) is 0.0831. The van der Waals surface area contributed by atoms with Crippen molar-refractivity contribution in [1.29, 1.82) is 0 Å². The number of nitrogens with zero attached hydrogens (tertiary/aromatic N) is 2. The molecule has 6 heteroatoms. The molecule has 0 aromatic heterocycles. The monoisotopic (exact) mass is 337 g/mol. The van der Waals surface area contributed by atoms with Crippen LogP contribution in [0.2, 0.25) is 5.02 Å². The van der Waals surface area contributed by atoms with E-state index >= 15 is 0 Å². The first kappa shape index (κ1) is 17.8. The van der Waals surface area contributed by atoms with Crippen LogP contribution in [0.15, 0.2) is 12.1 Å². The molecule has 2 rings (SSSR count). The van der Waals surface area contributed by atoms with Crippen LogP contribution in [0.3, 0.4) is 0 Å². The fourth-order valence-corrected chi connectivity index (χ4v) is 3.19. The van der Waals surface area contributed by atoms with Crippen molar-refractivity contribution in [2.75, 3.05) is 38.0 Å². The fourth-order valence-electron chi connectivity index (χ4n) is 2.82. The average Bonchev–Trinajstić information content (AvgIpc) is 2.49. The Morgan fingerprint density at radius 3 is 2.39 bits per heavy atom. The number of hydrogen-bond acceptors (Lipinski definition) is 3. The summed E-state index contributed by atoms with van der Waals surface area (Å²) in [6.07, 6.45) is 0.420. The molecule has 0 bridgehead atoms. The molecule has 1 saturated heterocycles. The lowest BCUT2D eigenvalue weighted by atomic mass is 10.1. The molecular weight excluding hydrogens is 314 g/mol. The minimum absolute atomic E-state index is 0.0344. The van der Waals surface area contributed by atoms with Gasteiger partial charge in [0.15, 0.2) is 0 Å². The van der Waals surface area contributed by atoms with Gasteiger partial charge in [-0.2, -0.15) is 0 Å². The minimum Gasteiger partial charge on any atom is -0.340 e. The second-order valence-corrected chi connectivity index (χ2v) is 6.49. The summed E-state index contributed by atoms with van der Waals surface area (Å²) in [4.78, 5) is 27.5. The molecule has 0 saturated carbocycles. The highest BCUT2D eigenvalue weighted by molar-refractivity contribution is 6.34. The highest BCUT2D eigenvalue weighted by atomic mass is 35.5. The van der Waals surface area contributed by atoms with Gasteiger partial charge in [-0.05, 0) is 31.0 Å². The fraction of sp³-hybridized carbons (Fsp3) is 0.529. The van der Waals surface area contributed by atoms with Crippen LogP contribution in [-0.4, -0.2) is 54.3 Å². The van der Waals surface area contributed by atoms with Crippen molar-refractivity contribution < 1.29 is 9.59 Å². The van der Waals surface area contributed by atoms with Gasteiger partial charge in [-0.3, -0.25) is 14.5 Å². The average molecular weight is 338 g/mol. The maximum atomic E-state index is 12.2. The van der Waals surface area contributed by atoms with E-state index in [4.69, 9.17) is 11.6 Å². The number of aryl methyl sites for hydroxylation is 2. The Morgan fingerprint density at radius 1 is 1.17 bits per heavy atom. The first-order chi connectivity index (χ1) is 10.9. The van der Waals surface area contributed by atoms with Gasteiger partial charge >= 0.3 is 0 Å². The lowest BCUT2D eigenvalue weighted by Gasteiger charge is -2.34. The maximum Gasteiger partial charge on any atom is 0.225 e. The Bertz CT molecular complexity index is 572. The number of hydrogen-bond donors (Lipinski definition) is 1. The largest absolute Gasteiger partial charge is 0.340 e. The molecule has 23 heavy (non-hydrogen) atoms. The maximum absolute atomic E-state index is 12.2. The van der Waals surface area contributed by atoms with Gasteiger partial charge in [0.1, 0.15) is 0 Å². The lowest BCUT2D eigenvalue weighted by molar-refractivity contribution is -0.130. The summed E-state index contributed by atoms with van der Waals surface area (Å²) < 4.78 is 0. The minimum atomic E-state index is -0.0344. The van der Waals surface area contributed by atoms with E-state index in [1.165, 1.54) is 0 Å². The molecule has 1 heterocycles. The van der Waals surface area contributed by atoms with Crippen LogP contribution in [0, 0.1) is 13.8 Å². The van der Waals surface area contributed by atoms with Crippen LogP contribution in [0.4, 0.5) is 5.69 Å². The molecular formula is C17H24ClN3O2. The van der Waals surface area contributed by atoms with E-state index in [2.05, 4.69) is 10.2 Å². The van der Waals surface area contributed by atoms with Crippen molar-refractivity contribution in [3.8, 4) is 0 Å². The first-order valence-corrected chi connectivity index (χ1v) is 8.29. The van der Waals surface area contributed by atoms with E-state index in [9.17, 15) is 9.59 Å². The van der Waals surface area contributed by atoms with Gasteiger partial charge in [0, 0.05) is 46.1 Å². The van der Waals surface area contributed by atoms with Gasteiger partial charge in [-0.1, -0.05) is 17.7 Å². The number of amides is 2. The molecule has 1 aliphatic heterocycles. The topological polar surface area (TPSA) is 52.7 Å². The molecule has 0 spiro atoms. The van der Waals surface area contributed by atoms with Gasteiger partial charge in [-0.25, -0.2) is 0 Å². The van der Waals surface area contributed by atoms with Crippen LogP contribution >= 0.6 is 11.6 Å². The van der Waals surface area contributed by atoms with Crippen LogP contribution in [0.5, 0.6) is 0 Å². The number of carbonyl (C=O) groups is 2. The standard InChI is InChI=1S/C17H24ClN3O2/c1-12-10-13(2)17(15(18)11-12)19-16(23)4-5-20-6-8-21(9-7-20)14(3)22/h10-11H,4-9H2,1-3H3,(H,19,23). The molecule has 1 aromatic carbocycles. The molecule has 5 nitrogen and oxygen atoms in total. The van der Waals surface area contributed by atoms with E-state index in [0.717, 1.165) is 37.3 Å². The number of nitrogens with one attached hydrogen (secondary N) is 1. The number of rotatable bonds is 4. The Labute approximate surface area is 142 Å². The first-order valence-electron chi connectivity index (χ1n) is 7.91. The number of benzene rings is 1. The van der Waals surface area contributed by atoms with Crippen molar-refractivity contribution in [3.05, 3.63) is 28.3 Å². The number of halogens is 1. The summed E-state index contributed by atoms with van der Waals surface area (Å²) >= 11 is 6.21. The SMILES string of the molecule is CC(=O)N1CCN(CCC(=O)Nc2c(C)cc(C)cc2Cl)CC1. The predicted molar refractivity (Wildman–Crippen MR) is 92.9 cm³/mol. The summed E-state index contributed by atoms with van der Waals surface area (Å²) in [5.41, 5.74) is 2.75. The van der Waals surface area contributed by atoms with Gasteiger partial charge in [0.25, 0.3) is 0 Å². The number of carbonyl (C=O) groups excluding carboxylic acids is 2. The smallest absolute Gasteiger partial charge is 0.225 e. The molecule has 126 valence electrons. The molecule has 0 aliphatic carbocycles. The van der Waals surface area contributed by atoms with Crippen molar-refractivity contribution in [3.63, 3.8) is 0 Å². The van der Waals surface area contributed by atoms with E-state index in [-0.39, 0.29) is 11.8 Å². The summed E-state index contributed by atoms with van der Waals surface area (Å²) in [6, 6.07) is 3.85. The van der Waals surface area contributed by atoms with Gasteiger partial charge in [-0.15, -0.1) is 0 Å². The molecule has 0 atom stereocenters. The Kier molecular flexibility index (Phi) is 6.02. The zero-order chi connectivity index (χ0) is 17.0. The molecule has 1 N–H and O–H groups in total. The van der Waals surface area contributed by atoms with Gasteiger partial charge in [0.2, 0.25) is 11.8 Å². The van der Waals surface area contributed by atoms with E-state index in [0.29, 0.717) is 23.7 Å². The van der Waals surface area contributed by atoms with E-state index in [1.54, 1.807) is 6.92 Å². The molecule has 0 unspecified atom stereocenters. The highest BCUT2D eigenvalue weighted by Crippen LogP contribution is 2.27. The van der Waals surface area contributed by atoms with Crippen molar-refractivity contribution in [1.82, 2.24) is 9.80 Å². The zero-order valence-corrected chi connectivity index (χ0v) is 14.7. The van der Waals surface area contributed by atoms with Crippen molar-refractivity contribution in [2.24, 2.45) is 0 Å². The lowest BCUT2D eigenvalue weighted by Crippen LogP contribution is -2.48. The van der Waals surface area contributed by atoms with Gasteiger partial charge in [0.05, 0.1) is 10.7 Å². The quantitative estimate of drug-likeness (QED) is 0.918. The molecule has 1 aromatic rings.